The third kappa shape index (κ3) is 5.05. The molecule has 22 heavy (non-hydrogen) atoms. The highest BCUT2D eigenvalue weighted by Crippen LogP contribution is 2.18. The van der Waals surface area contributed by atoms with E-state index in [4.69, 9.17) is 4.74 Å². The number of carbonyl (C=O) groups is 1. The van der Waals surface area contributed by atoms with Crippen LogP contribution >= 0.6 is 11.3 Å². The van der Waals surface area contributed by atoms with E-state index in [9.17, 15) is 9.90 Å². The monoisotopic (exact) mass is 320 g/mol. The van der Waals surface area contributed by atoms with Gasteiger partial charge in [-0.2, -0.15) is 11.3 Å². The fraction of sp³-hybridized carbons (Fsp3) is 0.312. The maximum absolute atomic E-state index is 11.8. The van der Waals surface area contributed by atoms with Gasteiger partial charge >= 0.3 is 6.03 Å². The smallest absolute Gasteiger partial charge is 0.319 e. The zero-order valence-corrected chi connectivity index (χ0v) is 13.2. The van der Waals surface area contributed by atoms with Gasteiger partial charge in [-0.25, -0.2) is 4.79 Å². The van der Waals surface area contributed by atoms with Gasteiger partial charge in [0, 0.05) is 12.2 Å². The van der Waals surface area contributed by atoms with Crippen LogP contribution in [0.1, 0.15) is 25.0 Å². The molecule has 0 aliphatic heterocycles. The van der Waals surface area contributed by atoms with Gasteiger partial charge in [0.15, 0.2) is 0 Å². The number of nitrogens with one attached hydrogen (secondary N) is 2. The number of amides is 2. The van der Waals surface area contributed by atoms with Crippen molar-refractivity contribution < 1.29 is 14.6 Å². The van der Waals surface area contributed by atoms with Crippen molar-refractivity contribution in [3.63, 3.8) is 0 Å². The van der Waals surface area contributed by atoms with Gasteiger partial charge in [-0.3, -0.25) is 0 Å². The van der Waals surface area contributed by atoms with Crippen molar-refractivity contribution in [1.82, 2.24) is 5.32 Å². The Labute approximate surface area is 133 Å². The van der Waals surface area contributed by atoms with E-state index in [2.05, 4.69) is 10.6 Å². The van der Waals surface area contributed by atoms with Crippen molar-refractivity contribution in [2.45, 2.75) is 19.4 Å². The Balaban J connectivity index is 1.71. The molecular formula is C16H20N2O3S. The number of carbonyl (C=O) groups excluding carboxylic acids is 1. The number of urea groups is 1. The fourth-order valence-corrected chi connectivity index (χ4v) is 2.64. The summed E-state index contributed by atoms with van der Waals surface area (Å²) in [5.74, 6) is 0.771. The Morgan fingerprint density at radius 1 is 1.32 bits per heavy atom. The first-order chi connectivity index (χ1) is 10.7. The molecule has 0 aliphatic rings. The third-order valence-electron chi connectivity index (χ3n) is 3.05. The summed E-state index contributed by atoms with van der Waals surface area (Å²) in [5, 5.41) is 19.2. The van der Waals surface area contributed by atoms with Crippen molar-refractivity contribution in [3.05, 3.63) is 46.7 Å². The van der Waals surface area contributed by atoms with E-state index in [0.29, 0.717) is 25.3 Å². The van der Waals surface area contributed by atoms with Gasteiger partial charge in [0.1, 0.15) is 5.75 Å². The molecule has 0 saturated heterocycles. The molecule has 3 N–H and O–H groups in total. The molecule has 2 amide bonds. The molecule has 1 aromatic carbocycles. The summed E-state index contributed by atoms with van der Waals surface area (Å²) in [5.41, 5.74) is 1.58. The molecule has 1 heterocycles. The van der Waals surface area contributed by atoms with Crippen LogP contribution in [0, 0.1) is 0 Å². The molecule has 0 radical (unpaired) electrons. The molecule has 1 atom stereocenters. The summed E-state index contributed by atoms with van der Waals surface area (Å²) in [6, 6.07) is 8.77. The van der Waals surface area contributed by atoms with E-state index in [0.717, 1.165) is 11.3 Å². The van der Waals surface area contributed by atoms with E-state index in [1.165, 1.54) is 0 Å². The number of benzene rings is 1. The summed E-state index contributed by atoms with van der Waals surface area (Å²) in [6.07, 6.45) is -0.0648. The lowest BCUT2D eigenvalue weighted by Crippen LogP contribution is -2.30. The number of rotatable bonds is 7. The summed E-state index contributed by atoms with van der Waals surface area (Å²) in [7, 11) is 0. The van der Waals surface area contributed by atoms with Crippen LogP contribution in [0.25, 0.3) is 0 Å². The maximum atomic E-state index is 11.8. The summed E-state index contributed by atoms with van der Waals surface area (Å²) < 4.78 is 5.34. The zero-order chi connectivity index (χ0) is 15.8. The molecule has 0 unspecified atom stereocenters. The van der Waals surface area contributed by atoms with Crippen molar-refractivity contribution in [2.75, 3.05) is 18.5 Å². The minimum atomic E-state index is -0.544. The van der Waals surface area contributed by atoms with Gasteiger partial charge < -0.3 is 20.5 Å². The molecule has 1 aromatic heterocycles. The molecule has 2 rings (SSSR count). The molecule has 6 heteroatoms. The second kappa shape index (κ2) is 8.41. The van der Waals surface area contributed by atoms with Crippen LogP contribution < -0.4 is 15.4 Å². The van der Waals surface area contributed by atoms with Gasteiger partial charge in [-0.05, 0) is 60.0 Å². The Kier molecular flexibility index (Phi) is 6.24. The molecule has 0 spiro atoms. The quantitative estimate of drug-likeness (QED) is 0.732. The number of thiophene rings is 1. The maximum Gasteiger partial charge on any atom is 0.319 e. The van der Waals surface area contributed by atoms with Crippen LogP contribution in [-0.2, 0) is 0 Å². The van der Waals surface area contributed by atoms with Crippen LogP contribution in [0.15, 0.2) is 41.1 Å². The predicted molar refractivity (Wildman–Crippen MR) is 88.5 cm³/mol. The Morgan fingerprint density at radius 2 is 2.09 bits per heavy atom. The van der Waals surface area contributed by atoms with E-state index in [1.807, 2.05) is 23.8 Å². The Morgan fingerprint density at radius 3 is 2.73 bits per heavy atom. The number of hydrogen-bond donors (Lipinski definition) is 3. The predicted octanol–water partition coefficient (Wildman–Crippen LogP) is 3.39. The van der Waals surface area contributed by atoms with Crippen LogP contribution in [0.4, 0.5) is 10.5 Å². The molecule has 5 nitrogen and oxygen atoms in total. The van der Waals surface area contributed by atoms with Crippen LogP contribution in [-0.4, -0.2) is 24.3 Å². The van der Waals surface area contributed by atoms with Gasteiger partial charge in [0.2, 0.25) is 0 Å². The number of ether oxygens (including phenoxy) is 1. The minimum absolute atomic E-state index is 0.290. The lowest BCUT2D eigenvalue weighted by atomic mass is 10.1. The number of aliphatic hydroxyl groups is 1. The molecule has 0 fully saturated rings. The average Bonchev–Trinajstić information content (AvgIpc) is 3.04. The third-order valence-corrected chi connectivity index (χ3v) is 3.76. The molecule has 118 valence electrons. The number of anilines is 1. The van der Waals surface area contributed by atoms with Crippen LogP contribution in [0.2, 0.25) is 0 Å². The highest BCUT2D eigenvalue weighted by Gasteiger charge is 2.08. The summed E-state index contributed by atoms with van der Waals surface area (Å²) in [6.45, 7) is 2.93. The van der Waals surface area contributed by atoms with E-state index in [-0.39, 0.29) is 6.03 Å². The minimum Gasteiger partial charge on any atom is -0.494 e. The van der Waals surface area contributed by atoms with E-state index < -0.39 is 6.10 Å². The normalized spacial score (nSPS) is 11.7. The highest BCUT2D eigenvalue weighted by atomic mass is 32.1. The van der Waals surface area contributed by atoms with Gasteiger partial charge in [0.05, 0.1) is 12.7 Å². The first-order valence-electron chi connectivity index (χ1n) is 7.17. The summed E-state index contributed by atoms with van der Waals surface area (Å²) >= 11 is 1.54. The lowest BCUT2D eigenvalue weighted by Gasteiger charge is -2.11. The fourth-order valence-electron chi connectivity index (χ4n) is 1.93. The first kappa shape index (κ1) is 16.3. The van der Waals surface area contributed by atoms with E-state index >= 15 is 0 Å². The van der Waals surface area contributed by atoms with Gasteiger partial charge in [-0.1, -0.05) is 0 Å². The van der Waals surface area contributed by atoms with Crippen molar-refractivity contribution in [2.24, 2.45) is 0 Å². The zero-order valence-electron chi connectivity index (χ0n) is 12.4. The number of hydrogen-bond acceptors (Lipinski definition) is 4. The van der Waals surface area contributed by atoms with Crippen molar-refractivity contribution in [3.8, 4) is 5.75 Å². The van der Waals surface area contributed by atoms with Gasteiger partial charge in [-0.15, -0.1) is 0 Å². The van der Waals surface area contributed by atoms with E-state index in [1.54, 1.807) is 35.6 Å². The average molecular weight is 320 g/mol. The second-order valence-electron chi connectivity index (χ2n) is 4.70. The van der Waals surface area contributed by atoms with Crippen molar-refractivity contribution >= 4 is 23.1 Å². The van der Waals surface area contributed by atoms with Crippen LogP contribution in [0.5, 0.6) is 5.75 Å². The lowest BCUT2D eigenvalue weighted by molar-refractivity contribution is 0.168. The second-order valence-corrected chi connectivity index (χ2v) is 5.48. The molecule has 0 saturated carbocycles. The topological polar surface area (TPSA) is 70.6 Å². The number of aliphatic hydroxyl groups excluding tert-OH is 1. The SMILES string of the molecule is CCOc1ccc(NC(=O)NCC[C@H](O)c2ccsc2)cc1. The Bertz CT molecular complexity index is 570. The van der Waals surface area contributed by atoms with Crippen molar-refractivity contribution in [1.29, 1.82) is 0 Å². The van der Waals surface area contributed by atoms with Crippen LogP contribution in [0.3, 0.4) is 0 Å². The molecular weight excluding hydrogens is 300 g/mol. The standard InChI is InChI=1S/C16H20N2O3S/c1-2-21-14-5-3-13(4-6-14)18-16(20)17-9-7-15(19)12-8-10-22-11-12/h3-6,8,10-11,15,19H,2,7,9H2,1H3,(H2,17,18,20)/t15-/m0/s1. The molecule has 2 aromatic rings. The first-order valence-corrected chi connectivity index (χ1v) is 8.11. The van der Waals surface area contributed by atoms with Gasteiger partial charge in [0.25, 0.3) is 0 Å². The summed E-state index contributed by atoms with van der Waals surface area (Å²) in [4.78, 5) is 11.8. The highest BCUT2D eigenvalue weighted by molar-refractivity contribution is 7.07. The molecule has 0 bridgehead atoms. The Hall–Kier alpha value is -2.05. The largest absolute Gasteiger partial charge is 0.494 e. The molecule has 0 aliphatic carbocycles.